The number of nitrogens with one attached hydrogen (secondary N) is 1. The van der Waals surface area contributed by atoms with Gasteiger partial charge in [0.05, 0.1) is 6.26 Å². The topological polar surface area (TPSA) is 49.4 Å². The zero-order valence-electron chi connectivity index (χ0n) is 13.8. The second kappa shape index (κ2) is 7.42. The average molecular weight is 317 g/mol. The molecule has 0 aromatic carbocycles. The lowest BCUT2D eigenvalue weighted by atomic mass is 9.80. The Kier molecular flexibility index (Phi) is 6.09. The Morgan fingerprint density at radius 3 is 2.33 bits per heavy atom. The minimum absolute atomic E-state index is 0.505. The molecule has 0 aromatic heterocycles. The molecule has 5 heteroatoms. The van der Waals surface area contributed by atoms with Gasteiger partial charge in [0.2, 0.25) is 10.0 Å². The third-order valence-electron chi connectivity index (χ3n) is 4.98. The quantitative estimate of drug-likeness (QED) is 0.848. The van der Waals surface area contributed by atoms with E-state index < -0.39 is 10.0 Å². The van der Waals surface area contributed by atoms with Crippen LogP contribution in [0.4, 0.5) is 0 Å². The summed E-state index contributed by atoms with van der Waals surface area (Å²) in [5.74, 6) is 1.68. The van der Waals surface area contributed by atoms with Crippen LogP contribution < -0.4 is 5.32 Å². The second-order valence-electron chi connectivity index (χ2n) is 7.46. The molecule has 1 saturated carbocycles. The Morgan fingerprint density at radius 2 is 1.76 bits per heavy atom. The van der Waals surface area contributed by atoms with E-state index in [4.69, 9.17) is 0 Å². The lowest BCUT2D eigenvalue weighted by molar-refractivity contribution is 0.212. The van der Waals surface area contributed by atoms with Crippen LogP contribution in [0.15, 0.2) is 0 Å². The van der Waals surface area contributed by atoms with Crippen LogP contribution in [0.5, 0.6) is 0 Å². The zero-order valence-corrected chi connectivity index (χ0v) is 14.7. The molecule has 2 aliphatic rings. The highest BCUT2D eigenvalue weighted by Crippen LogP contribution is 2.30. The molecule has 2 atom stereocenters. The van der Waals surface area contributed by atoms with Gasteiger partial charge in [0, 0.05) is 25.2 Å². The minimum Gasteiger partial charge on any atom is -0.311 e. The van der Waals surface area contributed by atoms with E-state index in [1.54, 1.807) is 4.31 Å². The van der Waals surface area contributed by atoms with E-state index in [1.807, 2.05) is 0 Å². The normalized spacial score (nSPS) is 29.9. The van der Waals surface area contributed by atoms with E-state index in [1.165, 1.54) is 38.4 Å². The van der Waals surface area contributed by atoms with Crippen LogP contribution in [0.25, 0.3) is 0 Å². The van der Waals surface area contributed by atoms with Crippen molar-refractivity contribution in [1.82, 2.24) is 9.62 Å². The average Bonchev–Trinajstić information content (AvgIpc) is 2.38. The molecule has 0 bridgehead atoms. The first kappa shape index (κ1) is 17.2. The fraction of sp³-hybridized carbons (Fsp3) is 1.00. The minimum atomic E-state index is -3.00. The molecule has 1 heterocycles. The molecule has 21 heavy (non-hydrogen) atoms. The van der Waals surface area contributed by atoms with Gasteiger partial charge in [-0.25, -0.2) is 12.7 Å². The molecule has 4 nitrogen and oxygen atoms in total. The standard InChI is InChI=1S/C16H32N2O2S/c1-13(2)11-14-5-4-6-16(12-14)17-15-7-9-18(10-8-15)21(3,19)20/h13-17H,4-12H2,1-3H3. The van der Waals surface area contributed by atoms with Gasteiger partial charge in [0.15, 0.2) is 0 Å². The number of rotatable bonds is 5. The first-order valence-corrected chi connectivity index (χ1v) is 10.4. The van der Waals surface area contributed by atoms with Crippen molar-refractivity contribution in [3.05, 3.63) is 0 Å². The largest absolute Gasteiger partial charge is 0.311 e. The van der Waals surface area contributed by atoms with Crippen LogP contribution in [0.2, 0.25) is 0 Å². The number of hydrogen-bond donors (Lipinski definition) is 1. The van der Waals surface area contributed by atoms with E-state index in [9.17, 15) is 8.42 Å². The summed E-state index contributed by atoms with van der Waals surface area (Å²) in [7, 11) is -3.00. The van der Waals surface area contributed by atoms with Gasteiger partial charge in [-0.3, -0.25) is 0 Å². The van der Waals surface area contributed by atoms with E-state index in [0.717, 1.165) is 24.7 Å². The van der Waals surface area contributed by atoms with Crippen LogP contribution >= 0.6 is 0 Å². The molecule has 1 N–H and O–H groups in total. The molecule has 2 fully saturated rings. The summed E-state index contributed by atoms with van der Waals surface area (Å²) in [6, 6.07) is 1.16. The molecule has 0 spiro atoms. The summed E-state index contributed by atoms with van der Waals surface area (Å²) < 4.78 is 24.7. The fourth-order valence-corrected chi connectivity index (χ4v) is 4.88. The highest BCUT2D eigenvalue weighted by atomic mass is 32.2. The summed E-state index contributed by atoms with van der Waals surface area (Å²) in [5, 5.41) is 3.81. The first-order valence-electron chi connectivity index (χ1n) is 8.55. The molecular formula is C16H32N2O2S. The van der Waals surface area contributed by atoms with E-state index in [0.29, 0.717) is 25.2 Å². The molecule has 0 amide bonds. The summed E-state index contributed by atoms with van der Waals surface area (Å²) >= 11 is 0. The number of hydrogen-bond acceptors (Lipinski definition) is 3. The summed E-state index contributed by atoms with van der Waals surface area (Å²) in [6.07, 6.45) is 9.92. The van der Waals surface area contributed by atoms with Crippen LogP contribution in [-0.4, -0.2) is 44.2 Å². The third-order valence-corrected chi connectivity index (χ3v) is 6.29. The van der Waals surface area contributed by atoms with Gasteiger partial charge in [-0.1, -0.05) is 26.7 Å². The molecule has 0 radical (unpaired) electrons. The summed E-state index contributed by atoms with van der Waals surface area (Å²) in [5.41, 5.74) is 0. The summed E-state index contributed by atoms with van der Waals surface area (Å²) in [6.45, 7) is 5.99. The molecule has 1 saturated heterocycles. The predicted molar refractivity (Wildman–Crippen MR) is 87.8 cm³/mol. The Morgan fingerprint density at radius 1 is 1.10 bits per heavy atom. The maximum absolute atomic E-state index is 11.5. The third kappa shape index (κ3) is 5.53. The first-order chi connectivity index (χ1) is 9.84. The monoisotopic (exact) mass is 316 g/mol. The maximum Gasteiger partial charge on any atom is 0.211 e. The maximum atomic E-state index is 11.5. The Hall–Kier alpha value is -0.130. The second-order valence-corrected chi connectivity index (χ2v) is 9.44. The molecule has 1 aliphatic carbocycles. The Labute approximate surface area is 130 Å². The van der Waals surface area contributed by atoms with Crippen molar-refractivity contribution < 1.29 is 8.42 Å². The van der Waals surface area contributed by atoms with Gasteiger partial charge < -0.3 is 5.32 Å². The Bertz CT molecular complexity index is 414. The van der Waals surface area contributed by atoms with E-state index >= 15 is 0 Å². The highest BCUT2D eigenvalue weighted by Gasteiger charge is 2.28. The van der Waals surface area contributed by atoms with Crippen LogP contribution in [0, 0.1) is 11.8 Å². The van der Waals surface area contributed by atoms with Crippen LogP contribution in [0.1, 0.15) is 58.8 Å². The fourth-order valence-electron chi connectivity index (χ4n) is 4.01. The summed E-state index contributed by atoms with van der Waals surface area (Å²) in [4.78, 5) is 0. The van der Waals surface area contributed by atoms with Crippen molar-refractivity contribution in [2.75, 3.05) is 19.3 Å². The van der Waals surface area contributed by atoms with Gasteiger partial charge in [0.1, 0.15) is 0 Å². The number of piperidine rings is 1. The van der Waals surface area contributed by atoms with Gasteiger partial charge in [-0.2, -0.15) is 0 Å². The van der Waals surface area contributed by atoms with Crippen LogP contribution in [-0.2, 0) is 10.0 Å². The van der Waals surface area contributed by atoms with Gasteiger partial charge in [-0.15, -0.1) is 0 Å². The van der Waals surface area contributed by atoms with Crippen LogP contribution in [0.3, 0.4) is 0 Å². The van der Waals surface area contributed by atoms with Crippen molar-refractivity contribution in [3.8, 4) is 0 Å². The zero-order chi connectivity index (χ0) is 15.5. The van der Waals surface area contributed by atoms with Crippen molar-refractivity contribution >= 4 is 10.0 Å². The highest BCUT2D eigenvalue weighted by molar-refractivity contribution is 7.88. The molecular weight excluding hydrogens is 284 g/mol. The SMILES string of the molecule is CC(C)CC1CCCC(NC2CCN(S(C)(=O)=O)CC2)C1. The van der Waals surface area contributed by atoms with Gasteiger partial charge in [-0.05, 0) is 43.9 Å². The van der Waals surface area contributed by atoms with Gasteiger partial charge >= 0.3 is 0 Å². The lowest BCUT2D eigenvalue weighted by Gasteiger charge is -2.36. The van der Waals surface area contributed by atoms with E-state index in [2.05, 4.69) is 19.2 Å². The lowest BCUT2D eigenvalue weighted by Crippen LogP contribution is -2.48. The van der Waals surface area contributed by atoms with Crippen molar-refractivity contribution in [2.24, 2.45) is 11.8 Å². The van der Waals surface area contributed by atoms with Crippen molar-refractivity contribution in [3.63, 3.8) is 0 Å². The van der Waals surface area contributed by atoms with Crippen molar-refractivity contribution in [1.29, 1.82) is 0 Å². The molecule has 0 aromatic rings. The Balaban J connectivity index is 1.75. The molecule has 124 valence electrons. The predicted octanol–water partition coefficient (Wildman–Crippen LogP) is 2.60. The molecule has 2 rings (SSSR count). The number of sulfonamides is 1. The number of nitrogens with zero attached hydrogens (tertiary/aromatic N) is 1. The molecule has 1 aliphatic heterocycles. The van der Waals surface area contributed by atoms with Crippen molar-refractivity contribution in [2.45, 2.75) is 70.9 Å². The smallest absolute Gasteiger partial charge is 0.211 e. The molecule has 2 unspecified atom stereocenters. The van der Waals surface area contributed by atoms with Gasteiger partial charge in [0.25, 0.3) is 0 Å². The van der Waals surface area contributed by atoms with E-state index in [-0.39, 0.29) is 0 Å².